The monoisotopic (exact) mass is 184 g/mol. The Morgan fingerprint density at radius 3 is 2.46 bits per heavy atom. The van der Waals surface area contributed by atoms with E-state index < -0.39 is 17.5 Å². The van der Waals surface area contributed by atoms with Crippen molar-refractivity contribution in [2.24, 2.45) is 5.41 Å². The number of carbonyl (C=O) groups is 1. The summed E-state index contributed by atoms with van der Waals surface area (Å²) < 4.78 is 0. The van der Waals surface area contributed by atoms with Crippen LogP contribution in [0.15, 0.2) is 11.1 Å². The lowest BCUT2D eigenvalue weighted by molar-refractivity contribution is -0.155. The molecule has 0 spiro atoms. The molecule has 0 aromatic rings. The molecule has 0 bridgehead atoms. The van der Waals surface area contributed by atoms with E-state index in [1.807, 2.05) is 13.8 Å². The molecule has 0 radical (unpaired) electrons. The molecule has 0 saturated heterocycles. The molecule has 2 unspecified atom stereocenters. The highest BCUT2D eigenvalue weighted by Crippen LogP contribution is 2.39. The molecule has 0 aromatic heterocycles. The number of carboxylic acids is 1. The molecule has 0 amide bonds. The van der Waals surface area contributed by atoms with Crippen LogP contribution in [0.1, 0.15) is 33.6 Å². The third-order valence-electron chi connectivity index (χ3n) is 3.08. The quantitative estimate of drug-likeness (QED) is 0.608. The van der Waals surface area contributed by atoms with Crippen LogP contribution < -0.4 is 0 Å². The molecule has 0 saturated carbocycles. The van der Waals surface area contributed by atoms with Crippen LogP contribution in [0.5, 0.6) is 0 Å². The number of hydrogen-bond donors (Lipinski definition) is 2. The summed E-state index contributed by atoms with van der Waals surface area (Å²) in [6.45, 7) is 5.48. The van der Waals surface area contributed by atoms with E-state index in [4.69, 9.17) is 5.11 Å². The van der Waals surface area contributed by atoms with Gasteiger partial charge in [0.15, 0.2) is 0 Å². The van der Waals surface area contributed by atoms with Crippen molar-refractivity contribution >= 4 is 5.97 Å². The van der Waals surface area contributed by atoms with Crippen molar-refractivity contribution < 1.29 is 15.0 Å². The highest BCUT2D eigenvalue weighted by molar-refractivity contribution is 5.76. The Balaban J connectivity index is 2.99. The Bertz CT molecular complexity index is 267. The molecule has 2 atom stereocenters. The summed E-state index contributed by atoms with van der Waals surface area (Å²) in [5, 5.41) is 18.7. The summed E-state index contributed by atoms with van der Waals surface area (Å²) in [6.07, 6.45) is 0.179. The molecule has 3 nitrogen and oxygen atoms in total. The molecule has 0 aromatic carbocycles. The van der Waals surface area contributed by atoms with E-state index in [1.54, 1.807) is 6.92 Å². The summed E-state index contributed by atoms with van der Waals surface area (Å²) in [6, 6.07) is 0. The van der Waals surface area contributed by atoms with Crippen molar-refractivity contribution in [1.29, 1.82) is 0 Å². The van der Waals surface area contributed by atoms with Gasteiger partial charge in [0.05, 0.1) is 11.5 Å². The minimum Gasteiger partial charge on any atom is -0.481 e. The largest absolute Gasteiger partial charge is 0.481 e. The topological polar surface area (TPSA) is 57.5 Å². The zero-order chi connectivity index (χ0) is 10.2. The van der Waals surface area contributed by atoms with Crippen molar-refractivity contribution in [1.82, 2.24) is 0 Å². The number of hydrogen-bond acceptors (Lipinski definition) is 2. The molecule has 3 heteroatoms. The molecular weight excluding hydrogens is 168 g/mol. The van der Waals surface area contributed by atoms with Crippen LogP contribution >= 0.6 is 0 Å². The van der Waals surface area contributed by atoms with Gasteiger partial charge in [-0.2, -0.15) is 0 Å². The molecule has 0 fully saturated rings. The summed E-state index contributed by atoms with van der Waals surface area (Å²) >= 11 is 0. The number of rotatable bonds is 1. The minimum atomic E-state index is -0.996. The van der Waals surface area contributed by atoms with Crippen LogP contribution in [0.4, 0.5) is 0 Å². The second kappa shape index (κ2) is 3.14. The number of allylic oxidation sites excluding steroid dienone is 1. The van der Waals surface area contributed by atoms with Crippen molar-refractivity contribution in [2.45, 2.75) is 39.7 Å². The van der Waals surface area contributed by atoms with Gasteiger partial charge in [0.2, 0.25) is 0 Å². The maximum absolute atomic E-state index is 11.0. The van der Waals surface area contributed by atoms with E-state index in [1.165, 1.54) is 0 Å². The van der Waals surface area contributed by atoms with Crippen molar-refractivity contribution in [3.63, 3.8) is 0 Å². The fourth-order valence-corrected chi connectivity index (χ4v) is 1.73. The van der Waals surface area contributed by atoms with Gasteiger partial charge < -0.3 is 10.2 Å². The average Bonchev–Trinajstić information content (AvgIpc) is 2.01. The molecular formula is C10H16O3. The predicted molar refractivity (Wildman–Crippen MR) is 49.4 cm³/mol. The fraction of sp³-hybridized carbons (Fsp3) is 0.700. The van der Waals surface area contributed by atoms with Gasteiger partial charge in [-0.15, -0.1) is 0 Å². The fourth-order valence-electron chi connectivity index (χ4n) is 1.73. The van der Waals surface area contributed by atoms with Gasteiger partial charge in [-0.1, -0.05) is 11.1 Å². The lowest BCUT2D eigenvalue weighted by Gasteiger charge is -2.35. The first-order valence-electron chi connectivity index (χ1n) is 4.44. The minimum absolute atomic E-state index is 0.454. The molecule has 1 aliphatic rings. The van der Waals surface area contributed by atoms with Gasteiger partial charge in [-0.25, -0.2) is 0 Å². The van der Waals surface area contributed by atoms with E-state index in [2.05, 4.69) is 0 Å². The van der Waals surface area contributed by atoms with Crippen LogP contribution in [-0.4, -0.2) is 22.3 Å². The molecule has 13 heavy (non-hydrogen) atoms. The lowest BCUT2D eigenvalue weighted by atomic mass is 9.71. The maximum atomic E-state index is 11.0. The zero-order valence-corrected chi connectivity index (χ0v) is 8.29. The second-order valence-electron chi connectivity index (χ2n) is 4.18. The number of aliphatic hydroxyl groups is 1. The van der Waals surface area contributed by atoms with Gasteiger partial charge in [-0.3, -0.25) is 4.79 Å². The molecule has 74 valence electrons. The summed E-state index contributed by atoms with van der Waals surface area (Å²) in [4.78, 5) is 11.0. The van der Waals surface area contributed by atoms with E-state index in [0.717, 1.165) is 11.1 Å². The molecule has 0 heterocycles. The molecule has 1 aliphatic carbocycles. The van der Waals surface area contributed by atoms with E-state index in [9.17, 15) is 9.90 Å². The smallest absolute Gasteiger partial charge is 0.312 e. The van der Waals surface area contributed by atoms with Gasteiger partial charge in [0.1, 0.15) is 0 Å². The Morgan fingerprint density at radius 1 is 1.46 bits per heavy atom. The van der Waals surface area contributed by atoms with E-state index >= 15 is 0 Å². The third kappa shape index (κ3) is 1.61. The van der Waals surface area contributed by atoms with Crippen LogP contribution in [0.3, 0.4) is 0 Å². The van der Waals surface area contributed by atoms with Gasteiger partial charge in [0.25, 0.3) is 0 Å². The molecule has 1 rings (SSSR count). The summed E-state index contributed by atoms with van der Waals surface area (Å²) in [5.41, 5.74) is 1.21. The lowest BCUT2D eigenvalue weighted by Crippen LogP contribution is -2.42. The van der Waals surface area contributed by atoms with Gasteiger partial charge in [0, 0.05) is 0 Å². The molecule has 2 N–H and O–H groups in total. The van der Waals surface area contributed by atoms with Gasteiger partial charge in [-0.05, 0) is 33.6 Å². The van der Waals surface area contributed by atoms with Crippen molar-refractivity contribution in [3.8, 4) is 0 Å². The summed E-state index contributed by atoms with van der Waals surface area (Å²) in [7, 11) is 0. The maximum Gasteiger partial charge on any atom is 0.312 e. The number of aliphatic carboxylic acids is 1. The SMILES string of the molecule is CC1=C(C)CC(C)(C(=O)O)C(O)C1. The average molecular weight is 184 g/mol. The highest BCUT2D eigenvalue weighted by atomic mass is 16.4. The normalized spacial score (nSPS) is 34.9. The van der Waals surface area contributed by atoms with Crippen LogP contribution in [0.2, 0.25) is 0 Å². The van der Waals surface area contributed by atoms with E-state index in [0.29, 0.717) is 12.8 Å². The first kappa shape index (κ1) is 10.3. The van der Waals surface area contributed by atoms with E-state index in [-0.39, 0.29) is 0 Å². The van der Waals surface area contributed by atoms with Crippen molar-refractivity contribution in [2.75, 3.05) is 0 Å². The van der Waals surface area contributed by atoms with Crippen LogP contribution in [-0.2, 0) is 4.79 Å². The first-order valence-corrected chi connectivity index (χ1v) is 4.44. The Hall–Kier alpha value is -0.830. The first-order chi connectivity index (χ1) is 5.88. The Morgan fingerprint density at radius 2 is 2.00 bits per heavy atom. The number of aliphatic hydroxyl groups excluding tert-OH is 1. The standard InChI is InChI=1S/C10H16O3/c1-6-4-8(11)10(3,9(12)13)5-7(6)2/h8,11H,4-5H2,1-3H3,(H,12,13). The van der Waals surface area contributed by atoms with Crippen LogP contribution in [0, 0.1) is 5.41 Å². The highest BCUT2D eigenvalue weighted by Gasteiger charge is 2.43. The second-order valence-corrected chi connectivity index (χ2v) is 4.18. The van der Waals surface area contributed by atoms with Crippen molar-refractivity contribution in [3.05, 3.63) is 11.1 Å². The van der Waals surface area contributed by atoms with Crippen LogP contribution in [0.25, 0.3) is 0 Å². The zero-order valence-electron chi connectivity index (χ0n) is 8.29. The van der Waals surface area contributed by atoms with Gasteiger partial charge >= 0.3 is 5.97 Å². The number of carboxylic acid groups (broad SMARTS) is 1. The Labute approximate surface area is 78.1 Å². The predicted octanol–water partition coefficient (Wildman–Crippen LogP) is 1.57. The Kier molecular flexibility index (Phi) is 2.48. The summed E-state index contributed by atoms with van der Waals surface area (Å²) in [5.74, 6) is -0.910. The molecule has 0 aliphatic heterocycles. The third-order valence-corrected chi connectivity index (χ3v) is 3.08.